The van der Waals surface area contributed by atoms with E-state index in [9.17, 15) is 4.79 Å². The van der Waals surface area contributed by atoms with E-state index in [-0.39, 0.29) is 11.3 Å². The first-order valence-electron chi connectivity index (χ1n) is 9.49. The highest BCUT2D eigenvalue weighted by Crippen LogP contribution is 2.29. The Hall–Kier alpha value is -3.72. The van der Waals surface area contributed by atoms with Crippen LogP contribution in [0, 0.1) is 0 Å². The van der Waals surface area contributed by atoms with Gasteiger partial charge in [-0.3, -0.25) is 9.89 Å². The molecule has 3 N–H and O–H groups in total. The van der Waals surface area contributed by atoms with E-state index in [0.717, 1.165) is 11.3 Å². The monoisotopic (exact) mass is 440 g/mol. The number of hydrogen-bond acceptors (Lipinski definition) is 7. The summed E-state index contributed by atoms with van der Waals surface area (Å²) >= 11 is 6.18. The zero-order valence-electron chi connectivity index (χ0n) is 17.0. The summed E-state index contributed by atoms with van der Waals surface area (Å²) < 4.78 is 11.9. The molecule has 4 aromatic rings. The third-order valence-electron chi connectivity index (χ3n) is 4.66. The van der Waals surface area contributed by atoms with Crippen LogP contribution in [-0.4, -0.2) is 33.8 Å². The third kappa shape index (κ3) is 4.56. The van der Waals surface area contributed by atoms with Crippen molar-refractivity contribution >= 4 is 29.0 Å². The minimum absolute atomic E-state index is 0.262. The van der Waals surface area contributed by atoms with Crippen molar-refractivity contribution in [3.05, 3.63) is 75.2 Å². The molecule has 10 heteroatoms. The largest absolute Gasteiger partial charge is 0.497 e. The zero-order chi connectivity index (χ0) is 21.8. The number of anilines is 2. The second-order valence-corrected chi connectivity index (χ2v) is 7.07. The van der Waals surface area contributed by atoms with Gasteiger partial charge in [-0.1, -0.05) is 29.8 Å². The minimum atomic E-state index is -0.262. The van der Waals surface area contributed by atoms with Gasteiger partial charge in [-0.15, -0.1) is 0 Å². The smallest absolute Gasteiger partial charge is 0.274 e. The summed E-state index contributed by atoms with van der Waals surface area (Å²) in [6.07, 6.45) is 0. The van der Waals surface area contributed by atoms with Crippen molar-refractivity contribution in [2.45, 2.75) is 13.1 Å². The molecule has 0 saturated heterocycles. The van der Waals surface area contributed by atoms with Crippen molar-refractivity contribution < 1.29 is 9.47 Å². The SMILES string of the molecule is COc1ccc(NCc2cc(=O)n3[nH]c(NCc4ccccc4Cl)nc3n2)c(OC)c1. The van der Waals surface area contributed by atoms with E-state index >= 15 is 0 Å². The van der Waals surface area contributed by atoms with Gasteiger partial charge in [-0.25, -0.2) is 4.98 Å². The van der Waals surface area contributed by atoms with E-state index in [1.165, 1.54) is 10.6 Å². The Kier molecular flexibility index (Phi) is 5.94. The van der Waals surface area contributed by atoms with Crippen molar-refractivity contribution in [2.24, 2.45) is 0 Å². The topological polar surface area (TPSA) is 106 Å². The van der Waals surface area contributed by atoms with Crippen LogP contribution in [0.1, 0.15) is 11.3 Å². The summed E-state index contributed by atoms with van der Waals surface area (Å²) in [7, 11) is 3.17. The molecule has 0 unspecified atom stereocenters. The maximum Gasteiger partial charge on any atom is 0.274 e. The molecule has 0 aliphatic heterocycles. The standard InChI is InChI=1S/C21H21ClN6O3/c1-30-15-7-8-17(18(10-15)31-2)23-12-14-9-19(29)28-21(25-14)26-20(27-28)24-11-13-5-3-4-6-16(13)22/h3-10,23H,11-12H2,1-2H3,(H2,24,25,26,27). The van der Waals surface area contributed by atoms with E-state index in [0.29, 0.717) is 41.3 Å². The highest BCUT2D eigenvalue weighted by molar-refractivity contribution is 6.31. The van der Waals surface area contributed by atoms with E-state index in [1.807, 2.05) is 36.4 Å². The fraction of sp³-hybridized carbons (Fsp3) is 0.190. The fourth-order valence-electron chi connectivity index (χ4n) is 3.05. The lowest BCUT2D eigenvalue weighted by molar-refractivity contribution is 0.395. The van der Waals surface area contributed by atoms with Crippen LogP contribution in [0.5, 0.6) is 11.5 Å². The first-order chi connectivity index (χ1) is 15.1. The van der Waals surface area contributed by atoms with Crippen LogP contribution in [0.15, 0.2) is 53.3 Å². The molecule has 0 radical (unpaired) electrons. The van der Waals surface area contributed by atoms with Gasteiger partial charge >= 0.3 is 0 Å². The maximum atomic E-state index is 12.5. The number of nitrogens with one attached hydrogen (secondary N) is 3. The number of fused-ring (bicyclic) bond motifs is 1. The number of aromatic nitrogens is 4. The quantitative estimate of drug-likeness (QED) is 0.386. The van der Waals surface area contributed by atoms with Gasteiger partial charge in [0, 0.05) is 23.7 Å². The van der Waals surface area contributed by atoms with Gasteiger partial charge in [-0.05, 0) is 23.8 Å². The average Bonchev–Trinajstić information content (AvgIpc) is 3.20. The lowest BCUT2D eigenvalue weighted by atomic mass is 10.2. The molecule has 0 atom stereocenters. The number of ether oxygens (including phenoxy) is 2. The van der Waals surface area contributed by atoms with Crippen LogP contribution in [0.3, 0.4) is 0 Å². The molecular weight excluding hydrogens is 420 g/mol. The van der Waals surface area contributed by atoms with Crippen LogP contribution >= 0.6 is 11.6 Å². The van der Waals surface area contributed by atoms with Crippen molar-refractivity contribution in [3.63, 3.8) is 0 Å². The number of methoxy groups -OCH3 is 2. The number of rotatable bonds is 8. The molecule has 2 aromatic carbocycles. The van der Waals surface area contributed by atoms with E-state index in [1.54, 1.807) is 20.3 Å². The molecule has 2 heterocycles. The molecule has 0 amide bonds. The Bertz CT molecular complexity index is 1270. The Labute approximate surface area is 183 Å². The predicted octanol–water partition coefficient (Wildman–Crippen LogP) is 3.31. The third-order valence-corrected chi connectivity index (χ3v) is 5.03. The molecule has 0 fully saturated rings. The summed E-state index contributed by atoms with van der Waals surface area (Å²) in [4.78, 5) is 21.3. The van der Waals surface area contributed by atoms with Gasteiger partial charge in [0.2, 0.25) is 5.95 Å². The van der Waals surface area contributed by atoms with Crippen molar-refractivity contribution in [2.75, 3.05) is 24.9 Å². The number of benzene rings is 2. The molecule has 160 valence electrons. The van der Waals surface area contributed by atoms with E-state index in [2.05, 4.69) is 25.7 Å². The first kappa shape index (κ1) is 20.5. The van der Waals surface area contributed by atoms with Gasteiger partial charge in [0.05, 0.1) is 32.1 Å². The lowest BCUT2D eigenvalue weighted by Gasteiger charge is -2.12. The second kappa shape index (κ2) is 8.97. The molecule has 0 saturated carbocycles. The predicted molar refractivity (Wildman–Crippen MR) is 119 cm³/mol. The fourth-order valence-corrected chi connectivity index (χ4v) is 3.25. The lowest BCUT2D eigenvalue weighted by Crippen LogP contribution is -2.17. The van der Waals surface area contributed by atoms with Crippen LogP contribution < -0.4 is 25.7 Å². The zero-order valence-corrected chi connectivity index (χ0v) is 17.7. The molecule has 9 nitrogen and oxygen atoms in total. The van der Waals surface area contributed by atoms with Crippen molar-refractivity contribution in [3.8, 4) is 11.5 Å². The summed E-state index contributed by atoms with van der Waals surface area (Å²) in [6.45, 7) is 0.781. The van der Waals surface area contributed by atoms with Crippen LogP contribution in [0.2, 0.25) is 5.02 Å². The Balaban J connectivity index is 1.50. The van der Waals surface area contributed by atoms with E-state index in [4.69, 9.17) is 21.1 Å². The number of halogens is 1. The molecule has 0 aliphatic carbocycles. The average molecular weight is 441 g/mol. The highest BCUT2D eigenvalue weighted by Gasteiger charge is 2.10. The van der Waals surface area contributed by atoms with Crippen LogP contribution in [0.4, 0.5) is 11.6 Å². The minimum Gasteiger partial charge on any atom is -0.497 e. The molecule has 4 rings (SSSR count). The van der Waals surface area contributed by atoms with Crippen molar-refractivity contribution in [1.29, 1.82) is 0 Å². The maximum absolute atomic E-state index is 12.5. The Morgan fingerprint density at radius 1 is 1.03 bits per heavy atom. The normalized spacial score (nSPS) is 10.8. The molecule has 0 bridgehead atoms. The van der Waals surface area contributed by atoms with Crippen molar-refractivity contribution in [1.82, 2.24) is 19.6 Å². The number of nitrogens with zero attached hydrogens (tertiary/aromatic N) is 3. The molecule has 2 aromatic heterocycles. The number of H-pyrrole nitrogens is 1. The molecule has 31 heavy (non-hydrogen) atoms. The molecule has 0 aliphatic rings. The van der Waals surface area contributed by atoms with Gasteiger partial charge in [0.1, 0.15) is 11.5 Å². The van der Waals surface area contributed by atoms with E-state index < -0.39 is 0 Å². The van der Waals surface area contributed by atoms with Crippen LogP contribution in [-0.2, 0) is 13.1 Å². The Morgan fingerprint density at radius 3 is 2.65 bits per heavy atom. The summed E-state index contributed by atoms with van der Waals surface area (Å²) in [5.41, 5.74) is 1.96. The van der Waals surface area contributed by atoms with Gasteiger partial charge in [-0.2, -0.15) is 9.50 Å². The molecule has 0 spiro atoms. The number of hydrogen-bond donors (Lipinski definition) is 3. The summed E-state index contributed by atoms with van der Waals surface area (Å²) in [5.74, 6) is 2.01. The van der Waals surface area contributed by atoms with Gasteiger partial charge in [0.25, 0.3) is 11.3 Å². The van der Waals surface area contributed by atoms with Crippen LogP contribution in [0.25, 0.3) is 5.78 Å². The second-order valence-electron chi connectivity index (χ2n) is 6.66. The molecular formula is C21H21ClN6O3. The van der Waals surface area contributed by atoms with Gasteiger partial charge < -0.3 is 20.1 Å². The summed E-state index contributed by atoms with van der Waals surface area (Å²) in [5, 5.41) is 9.91. The Morgan fingerprint density at radius 2 is 1.87 bits per heavy atom. The first-order valence-corrected chi connectivity index (χ1v) is 9.87. The summed E-state index contributed by atoms with van der Waals surface area (Å²) in [6, 6.07) is 14.4. The highest BCUT2D eigenvalue weighted by atomic mass is 35.5. The van der Waals surface area contributed by atoms with Gasteiger partial charge in [0.15, 0.2) is 0 Å². The number of aromatic amines is 1.